The molecule has 6 heteroatoms. The monoisotopic (exact) mass is 255 g/mol. The van der Waals surface area contributed by atoms with Crippen LogP contribution in [0.15, 0.2) is 69.6 Å². The molecule has 0 unspecified atom stereocenters. The first-order chi connectivity index (χ1) is 9.15. The third-order valence-corrected chi connectivity index (χ3v) is 2.29. The SMILES string of the molecule is O=c1cccc(N=Nc2ccc([N+](=O)[O-])cc2)cc1. The van der Waals surface area contributed by atoms with E-state index in [1.807, 2.05) is 0 Å². The average Bonchev–Trinajstić information content (AvgIpc) is 2.61. The molecule has 0 saturated carbocycles. The van der Waals surface area contributed by atoms with Crippen molar-refractivity contribution < 1.29 is 4.92 Å². The van der Waals surface area contributed by atoms with Crippen LogP contribution in [0.25, 0.3) is 0 Å². The molecule has 0 radical (unpaired) electrons. The summed E-state index contributed by atoms with van der Waals surface area (Å²) in [4.78, 5) is 21.1. The van der Waals surface area contributed by atoms with Crippen molar-refractivity contribution in [1.82, 2.24) is 0 Å². The van der Waals surface area contributed by atoms with Crippen molar-refractivity contribution in [1.29, 1.82) is 0 Å². The van der Waals surface area contributed by atoms with Gasteiger partial charge in [-0.3, -0.25) is 14.9 Å². The molecular formula is C13H9N3O3. The predicted molar refractivity (Wildman–Crippen MR) is 70.0 cm³/mol. The predicted octanol–water partition coefficient (Wildman–Crippen LogP) is 3.37. The zero-order valence-corrected chi connectivity index (χ0v) is 9.76. The summed E-state index contributed by atoms with van der Waals surface area (Å²) in [6.45, 7) is 0. The van der Waals surface area contributed by atoms with Crippen molar-refractivity contribution in [3.8, 4) is 0 Å². The Balaban J connectivity index is 2.20. The summed E-state index contributed by atoms with van der Waals surface area (Å²) >= 11 is 0. The minimum atomic E-state index is -0.478. The Kier molecular flexibility index (Phi) is 3.72. The second-order valence-electron chi connectivity index (χ2n) is 3.66. The van der Waals surface area contributed by atoms with Crippen LogP contribution in [0.5, 0.6) is 0 Å². The maximum atomic E-state index is 11.1. The number of rotatable bonds is 3. The first-order valence-corrected chi connectivity index (χ1v) is 5.42. The standard InChI is InChI=1S/C13H9N3O3/c17-13-3-1-2-10(6-9-13)14-15-11-4-7-12(8-5-11)16(18)19/h1-9H. The summed E-state index contributed by atoms with van der Waals surface area (Å²) in [6.07, 6.45) is 0. The van der Waals surface area contributed by atoms with Crippen molar-refractivity contribution in [2.45, 2.75) is 0 Å². The van der Waals surface area contributed by atoms with E-state index in [-0.39, 0.29) is 11.1 Å². The molecule has 0 aromatic heterocycles. The number of non-ortho nitro benzene ring substituents is 1. The van der Waals surface area contributed by atoms with Gasteiger partial charge in [0.1, 0.15) is 0 Å². The smallest absolute Gasteiger partial charge is 0.269 e. The summed E-state index contributed by atoms with van der Waals surface area (Å²) < 4.78 is 0. The Bertz CT molecular complexity index is 681. The number of azo groups is 1. The number of hydrogen-bond donors (Lipinski definition) is 0. The van der Waals surface area contributed by atoms with Gasteiger partial charge in [0.15, 0.2) is 5.43 Å². The average molecular weight is 255 g/mol. The van der Waals surface area contributed by atoms with Crippen LogP contribution < -0.4 is 5.43 Å². The highest BCUT2D eigenvalue weighted by molar-refractivity contribution is 5.44. The van der Waals surface area contributed by atoms with Crippen LogP contribution in [0, 0.1) is 10.1 Å². The van der Waals surface area contributed by atoms with Gasteiger partial charge in [-0.25, -0.2) is 0 Å². The molecule has 0 spiro atoms. The molecule has 0 aliphatic rings. The highest BCUT2D eigenvalue weighted by atomic mass is 16.6. The summed E-state index contributed by atoms with van der Waals surface area (Å²) in [5.74, 6) is 0. The van der Waals surface area contributed by atoms with Gasteiger partial charge in [-0.2, -0.15) is 10.2 Å². The van der Waals surface area contributed by atoms with Crippen LogP contribution in [0.4, 0.5) is 17.1 Å². The molecule has 2 aromatic carbocycles. The molecule has 0 aliphatic carbocycles. The van der Waals surface area contributed by atoms with Crippen LogP contribution in [0.1, 0.15) is 0 Å². The topological polar surface area (TPSA) is 84.9 Å². The van der Waals surface area contributed by atoms with E-state index in [4.69, 9.17) is 0 Å². The Morgan fingerprint density at radius 1 is 0.842 bits per heavy atom. The molecule has 0 amide bonds. The fraction of sp³-hybridized carbons (Fsp3) is 0. The Labute approximate surface area is 108 Å². The largest absolute Gasteiger partial charge is 0.290 e. The maximum Gasteiger partial charge on any atom is 0.269 e. The quantitative estimate of drug-likeness (QED) is 0.478. The number of hydrogen-bond acceptors (Lipinski definition) is 5. The molecule has 0 saturated heterocycles. The Morgan fingerprint density at radius 2 is 1.42 bits per heavy atom. The number of nitrogens with zero attached hydrogens (tertiary/aromatic N) is 3. The van der Waals surface area contributed by atoms with E-state index in [1.165, 1.54) is 36.4 Å². The minimum Gasteiger partial charge on any atom is -0.290 e. The number of benzene rings is 1. The van der Waals surface area contributed by atoms with Crippen LogP contribution >= 0.6 is 0 Å². The van der Waals surface area contributed by atoms with Gasteiger partial charge >= 0.3 is 0 Å². The van der Waals surface area contributed by atoms with Crippen molar-refractivity contribution in [3.63, 3.8) is 0 Å². The molecule has 0 aliphatic heterocycles. The van der Waals surface area contributed by atoms with Crippen LogP contribution in [-0.2, 0) is 0 Å². The molecular weight excluding hydrogens is 246 g/mol. The van der Waals surface area contributed by atoms with E-state index in [0.717, 1.165) is 0 Å². The fourth-order valence-corrected chi connectivity index (χ4v) is 1.34. The van der Waals surface area contributed by atoms with Gasteiger partial charge in [0.2, 0.25) is 0 Å². The molecule has 0 N–H and O–H groups in total. The lowest BCUT2D eigenvalue weighted by molar-refractivity contribution is -0.384. The molecule has 0 bridgehead atoms. The maximum absolute atomic E-state index is 11.1. The van der Waals surface area contributed by atoms with Gasteiger partial charge < -0.3 is 0 Å². The van der Waals surface area contributed by atoms with Crippen LogP contribution in [0.3, 0.4) is 0 Å². The van der Waals surface area contributed by atoms with E-state index < -0.39 is 4.92 Å². The second kappa shape index (κ2) is 5.63. The van der Waals surface area contributed by atoms with Crippen molar-refractivity contribution in [3.05, 3.63) is 74.9 Å². The molecule has 0 atom stereocenters. The number of nitro groups is 1. The molecule has 2 rings (SSSR count). The van der Waals surface area contributed by atoms with Crippen molar-refractivity contribution >= 4 is 17.1 Å². The zero-order chi connectivity index (χ0) is 13.7. The molecule has 0 heterocycles. The summed E-state index contributed by atoms with van der Waals surface area (Å²) in [7, 11) is 0. The summed E-state index contributed by atoms with van der Waals surface area (Å²) in [5, 5.41) is 18.4. The lowest BCUT2D eigenvalue weighted by Gasteiger charge is -1.92. The van der Waals surface area contributed by atoms with Crippen molar-refractivity contribution in [2.24, 2.45) is 10.2 Å². The van der Waals surface area contributed by atoms with E-state index in [0.29, 0.717) is 11.4 Å². The molecule has 6 nitrogen and oxygen atoms in total. The van der Waals surface area contributed by atoms with Gasteiger partial charge in [0.25, 0.3) is 5.69 Å². The third kappa shape index (κ3) is 3.53. The fourth-order valence-electron chi connectivity index (χ4n) is 1.34. The van der Waals surface area contributed by atoms with Gasteiger partial charge in [-0.1, -0.05) is 6.07 Å². The van der Waals surface area contributed by atoms with Crippen molar-refractivity contribution in [2.75, 3.05) is 0 Å². The van der Waals surface area contributed by atoms with E-state index >= 15 is 0 Å². The third-order valence-electron chi connectivity index (χ3n) is 2.29. The molecule has 0 fully saturated rings. The Morgan fingerprint density at radius 3 is 2.05 bits per heavy atom. The molecule has 2 aromatic rings. The van der Waals surface area contributed by atoms with Crippen LogP contribution in [0.2, 0.25) is 0 Å². The van der Waals surface area contributed by atoms with E-state index in [1.54, 1.807) is 18.2 Å². The molecule has 19 heavy (non-hydrogen) atoms. The van der Waals surface area contributed by atoms with Gasteiger partial charge in [0.05, 0.1) is 16.3 Å². The van der Waals surface area contributed by atoms with Gasteiger partial charge in [0, 0.05) is 12.1 Å². The first kappa shape index (κ1) is 12.6. The summed E-state index contributed by atoms with van der Waals surface area (Å²) in [6, 6.07) is 13.3. The van der Waals surface area contributed by atoms with E-state index in [2.05, 4.69) is 10.2 Å². The van der Waals surface area contributed by atoms with E-state index in [9.17, 15) is 14.9 Å². The lowest BCUT2D eigenvalue weighted by Crippen LogP contribution is -1.87. The highest BCUT2D eigenvalue weighted by Gasteiger charge is 2.02. The normalized spacial score (nSPS) is 10.5. The molecule has 94 valence electrons. The second-order valence-corrected chi connectivity index (χ2v) is 3.66. The Hall–Kier alpha value is -2.89. The first-order valence-electron chi connectivity index (χ1n) is 5.42. The van der Waals surface area contributed by atoms with Crippen LogP contribution in [-0.4, -0.2) is 4.92 Å². The highest BCUT2D eigenvalue weighted by Crippen LogP contribution is 2.20. The zero-order valence-electron chi connectivity index (χ0n) is 9.76. The lowest BCUT2D eigenvalue weighted by atomic mass is 10.3. The van der Waals surface area contributed by atoms with Gasteiger partial charge in [-0.15, -0.1) is 0 Å². The summed E-state index contributed by atoms with van der Waals surface area (Å²) in [5.41, 5.74) is 0.915. The van der Waals surface area contributed by atoms with Gasteiger partial charge in [-0.05, 0) is 36.4 Å². The number of nitro benzene ring substituents is 1. The minimum absolute atomic E-state index is 0.000979.